The zero-order valence-electron chi connectivity index (χ0n) is 11.1. The van der Waals surface area contributed by atoms with Crippen LogP contribution in [0.2, 0.25) is 0 Å². The van der Waals surface area contributed by atoms with E-state index in [4.69, 9.17) is 10.5 Å². The minimum atomic E-state index is 0.0859. The minimum absolute atomic E-state index is 0.0859. The van der Waals surface area contributed by atoms with Gasteiger partial charge < -0.3 is 15.8 Å². The molecule has 0 aromatic carbocycles. The van der Waals surface area contributed by atoms with Gasteiger partial charge in [0.1, 0.15) is 0 Å². The topological polar surface area (TPSA) is 64.3 Å². The van der Waals surface area contributed by atoms with Crippen LogP contribution in [-0.2, 0) is 9.53 Å². The second-order valence-electron chi connectivity index (χ2n) is 4.96. The van der Waals surface area contributed by atoms with Gasteiger partial charge in [-0.15, -0.1) is 0 Å². The van der Waals surface area contributed by atoms with Crippen LogP contribution in [0.25, 0.3) is 0 Å². The van der Waals surface area contributed by atoms with Crippen LogP contribution in [0.1, 0.15) is 39.5 Å². The van der Waals surface area contributed by atoms with E-state index in [-0.39, 0.29) is 17.9 Å². The molecule has 100 valence electrons. The van der Waals surface area contributed by atoms with E-state index in [1.54, 1.807) is 0 Å². The fraction of sp³-hybridized carbons (Fsp3) is 0.923. The second-order valence-corrected chi connectivity index (χ2v) is 4.96. The van der Waals surface area contributed by atoms with E-state index in [0.717, 1.165) is 19.3 Å². The molecule has 0 saturated heterocycles. The van der Waals surface area contributed by atoms with Crippen molar-refractivity contribution in [3.63, 3.8) is 0 Å². The van der Waals surface area contributed by atoms with Crippen LogP contribution in [0, 0.1) is 11.8 Å². The van der Waals surface area contributed by atoms with E-state index in [9.17, 15) is 4.79 Å². The van der Waals surface area contributed by atoms with E-state index in [1.165, 1.54) is 6.42 Å². The smallest absolute Gasteiger partial charge is 0.223 e. The number of rotatable bonds is 6. The maximum Gasteiger partial charge on any atom is 0.223 e. The number of carbonyl (C=O) groups is 1. The van der Waals surface area contributed by atoms with Crippen molar-refractivity contribution in [1.29, 1.82) is 0 Å². The molecule has 3 unspecified atom stereocenters. The Kier molecular flexibility index (Phi) is 6.52. The zero-order chi connectivity index (χ0) is 12.7. The molecule has 0 radical (unpaired) electrons. The molecule has 3 N–H and O–H groups in total. The molecule has 0 aliphatic heterocycles. The summed E-state index contributed by atoms with van der Waals surface area (Å²) in [6.45, 7) is 5.84. The first-order valence-electron chi connectivity index (χ1n) is 6.77. The molecule has 17 heavy (non-hydrogen) atoms. The number of amides is 1. The van der Waals surface area contributed by atoms with Crippen molar-refractivity contribution in [3.05, 3.63) is 0 Å². The van der Waals surface area contributed by atoms with Crippen LogP contribution in [0.4, 0.5) is 0 Å². The lowest BCUT2D eigenvalue weighted by molar-refractivity contribution is -0.128. The molecule has 1 aliphatic carbocycles. The Bertz CT molecular complexity index is 233. The average Bonchev–Trinajstić information content (AvgIpc) is 2.36. The third-order valence-corrected chi connectivity index (χ3v) is 3.51. The van der Waals surface area contributed by atoms with Crippen molar-refractivity contribution < 1.29 is 9.53 Å². The van der Waals surface area contributed by atoms with Crippen LogP contribution < -0.4 is 11.1 Å². The average molecular weight is 242 g/mol. The van der Waals surface area contributed by atoms with Crippen LogP contribution in [0.3, 0.4) is 0 Å². The predicted octanol–water partition coefficient (Wildman–Crippen LogP) is 1.29. The SMILES string of the molecule is CCOCC(C)NC(=O)C1CCCCC1CN. The highest BCUT2D eigenvalue weighted by Gasteiger charge is 2.30. The van der Waals surface area contributed by atoms with Crippen LogP contribution in [-0.4, -0.2) is 31.7 Å². The normalized spacial score (nSPS) is 26.5. The van der Waals surface area contributed by atoms with Gasteiger partial charge in [0.2, 0.25) is 5.91 Å². The molecule has 1 rings (SSSR count). The molecule has 0 spiro atoms. The second kappa shape index (κ2) is 7.67. The van der Waals surface area contributed by atoms with E-state index < -0.39 is 0 Å². The Labute approximate surface area is 104 Å². The molecule has 1 amide bonds. The highest BCUT2D eigenvalue weighted by molar-refractivity contribution is 5.79. The number of carbonyl (C=O) groups excluding carboxylic acids is 1. The molecule has 0 aromatic rings. The largest absolute Gasteiger partial charge is 0.380 e. The van der Waals surface area contributed by atoms with Gasteiger partial charge in [0.05, 0.1) is 6.61 Å². The van der Waals surface area contributed by atoms with E-state index in [0.29, 0.717) is 25.7 Å². The fourth-order valence-electron chi connectivity index (χ4n) is 2.52. The van der Waals surface area contributed by atoms with Crippen molar-refractivity contribution in [2.24, 2.45) is 17.6 Å². The lowest BCUT2D eigenvalue weighted by Gasteiger charge is -2.30. The molecule has 3 atom stereocenters. The highest BCUT2D eigenvalue weighted by Crippen LogP contribution is 2.29. The molecular formula is C13H26N2O2. The number of ether oxygens (including phenoxy) is 1. The molecule has 1 saturated carbocycles. The molecule has 1 aliphatic rings. The standard InChI is InChI=1S/C13H26N2O2/c1-3-17-9-10(2)15-13(16)12-7-5-4-6-11(12)8-14/h10-12H,3-9,14H2,1-2H3,(H,15,16). The Morgan fingerprint density at radius 1 is 1.47 bits per heavy atom. The minimum Gasteiger partial charge on any atom is -0.380 e. The Morgan fingerprint density at radius 3 is 2.82 bits per heavy atom. The Balaban J connectivity index is 2.39. The molecular weight excluding hydrogens is 216 g/mol. The van der Waals surface area contributed by atoms with Gasteiger partial charge in [-0.2, -0.15) is 0 Å². The summed E-state index contributed by atoms with van der Waals surface area (Å²) >= 11 is 0. The van der Waals surface area contributed by atoms with Gasteiger partial charge in [-0.25, -0.2) is 0 Å². The van der Waals surface area contributed by atoms with Gasteiger partial charge in [0.25, 0.3) is 0 Å². The molecule has 4 heteroatoms. The maximum atomic E-state index is 12.1. The molecule has 0 aromatic heterocycles. The summed E-state index contributed by atoms with van der Waals surface area (Å²) in [5.74, 6) is 0.633. The molecule has 0 heterocycles. The fourth-order valence-corrected chi connectivity index (χ4v) is 2.52. The van der Waals surface area contributed by atoms with Crippen molar-refractivity contribution in [2.75, 3.05) is 19.8 Å². The maximum absolute atomic E-state index is 12.1. The number of nitrogens with two attached hydrogens (primary N) is 1. The van der Waals surface area contributed by atoms with Gasteiger partial charge in [0.15, 0.2) is 0 Å². The van der Waals surface area contributed by atoms with Gasteiger partial charge in [-0.1, -0.05) is 12.8 Å². The number of hydrogen-bond acceptors (Lipinski definition) is 3. The van der Waals surface area contributed by atoms with E-state index in [1.807, 2.05) is 13.8 Å². The third kappa shape index (κ3) is 4.64. The highest BCUT2D eigenvalue weighted by atomic mass is 16.5. The van der Waals surface area contributed by atoms with Crippen molar-refractivity contribution in [3.8, 4) is 0 Å². The molecule has 1 fully saturated rings. The first kappa shape index (κ1) is 14.5. The third-order valence-electron chi connectivity index (χ3n) is 3.51. The molecule has 0 bridgehead atoms. The summed E-state index contributed by atoms with van der Waals surface area (Å²) in [4.78, 5) is 12.1. The predicted molar refractivity (Wildman–Crippen MR) is 68.6 cm³/mol. The Hall–Kier alpha value is -0.610. The Morgan fingerprint density at radius 2 is 2.18 bits per heavy atom. The van der Waals surface area contributed by atoms with Gasteiger partial charge in [-0.3, -0.25) is 4.79 Å². The van der Waals surface area contributed by atoms with Gasteiger partial charge >= 0.3 is 0 Å². The summed E-state index contributed by atoms with van der Waals surface area (Å²) in [6.07, 6.45) is 4.43. The van der Waals surface area contributed by atoms with E-state index in [2.05, 4.69) is 5.32 Å². The van der Waals surface area contributed by atoms with E-state index >= 15 is 0 Å². The number of hydrogen-bond donors (Lipinski definition) is 2. The first-order chi connectivity index (χ1) is 8.19. The van der Waals surface area contributed by atoms with Crippen LogP contribution >= 0.6 is 0 Å². The summed E-state index contributed by atoms with van der Waals surface area (Å²) in [7, 11) is 0. The number of nitrogens with one attached hydrogen (secondary N) is 1. The summed E-state index contributed by atoms with van der Waals surface area (Å²) < 4.78 is 5.30. The monoisotopic (exact) mass is 242 g/mol. The zero-order valence-corrected chi connectivity index (χ0v) is 11.1. The lowest BCUT2D eigenvalue weighted by Crippen LogP contribution is -2.44. The quantitative estimate of drug-likeness (QED) is 0.737. The summed E-state index contributed by atoms with van der Waals surface area (Å²) in [5, 5.41) is 3.03. The van der Waals surface area contributed by atoms with Gasteiger partial charge in [0, 0.05) is 18.6 Å². The first-order valence-corrected chi connectivity index (χ1v) is 6.77. The summed E-state index contributed by atoms with van der Waals surface area (Å²) in [6, 6.07) is 0.0859. The van der Waals surface area contributed by atoms with Crippen molar-refractivity contribution in [2.45, 2.75) is 45.6 Å². The van der Waals surface area contributed by atoms with Crippen LogP contribution in [0.15, 0.2) is 0 Å². The molecule has 4 nitrogen and oxygen atoms in total. The van der Waals surface area contributed by atoms with Gasteiger partial charge in [-0.05, 0) is 39.2 Å². The summed E-state index contributed by atoms with van der Waals surface area (Å²) in [5.41, 5.74) is 5.74. The van der Waals surface area contributed by atoms with Crippen molar-refractivity contribution >= 4 is 5.91 Å². The lowest BCUT2D eigenvalue weighted by atomic mass is 9.78. The van der Waals surface area contributed by atoms with Crippen LogP contribution in [0.5, 0.6) is 0 Å². The van der Waals surface area contributed by atoms with Crippen molar-refractivity contribution in [1.82, 2.24) is 5.32 Å².